The monoisotopic (exact) mass is 520 g/mol. The second-order valence-corrected chi connectivity index (χ2v) is 10.4. The van der Waals surface area contributed by atoms with Crippen molar-refractivity contribution >= 4 is 5.78 Å². The van der Waals surface area contributed by atoms with Crippen LogP contribution in [0.25, 0.3) is 0 Å². The van der Waals surface area contributed by atoms with Crippen LogP contribution in [0.5, 0.6) is 5.75 Å². The van der Waals surface area contributed by atoms with E-state index in [1.54, 1.807) is 12.1 Å². The average Bonchev–Trinajstić information content (AvgIpc) is 2.89. The van der Waals surface area contributed by atoms with Crippen molar-refractivity contribution in [3.05, 3.63) is 41.7 Å². The van der Waals surface area contributed by atoms with Gasteiger partial charge in [-0.25, -0.2) is 0 Å². The Morgan fingerprint density at radius 3 is 2.38 bits per heavy atom. The van der Waals surface area contributed by atoms with Gasteiger partial charge in [-0.1, -0.05) is 52.7 Å². The van der Waals surface area contributed by atoms with Crippen molar-refractivity contribution < 1.29 is 29.6 Å². The largest absolute Gasteiger partial charge is 0.462 e. The highest BCUT2D eigenvalue weighted by molar-refractivity contribution is 5.87. The van der Waals surface area contributed by atoms with Gasteiger partial charge in [-0.05, 0) is 49.8 Å². The number of allylic oxidation sites excluding steroid dienone is 1. The lowest BCUT2D eigenvalue weighted by Gasteiger charge is -2.40. The molecule has 1 aromatic carbocycles. The Kier molecular flexibility index (Phi) is 12.9. The van der Waals surface area contributed by atoms with Gasteiger partial charge >= 0.3 is 0 Å². The van der Waals surface area contributed by atoms with Crippen LogP contribution in [0.15, 0.2) is 36.2 Å². The van der Waals surface area contributed by atoms with E-state index in [-0.39, 0.29) is 17.6 Å². The van der Waals surface area contributed by atoms with Crippen LogP contribution in [0.1, 0.15) is 84.1 Å². The normalized spacial score (nSPS) is 25.9. The number of unbranched alkanes of at least 4 members (excludes halogenated alkanes) is 2. The second-order valence-electron chi connectivity index (χ2n) is 10.4. The van der Waals surface area contributed by atoms with Crippen LogP contribution < -0.4 is 10.5 Å². The first-order chi connectivity index (χ1) is 17.6. The Balaban J connectivity index is 1.82. The van der Waals surface area contributed by atoms with Crippen LogP contribution in [0.2, 0.25) is 0 Å². The van der Waals surface area contributed by atoms with Crippen molar-refractivity contribution in [1.82, 2.24) is 4.90 Å². The Labute approximate surface area is 222 Å². The summed E-state index contributed by atoms with van der Waals surface area (Å²) < 4.78 is 11.4. The third-order valence-electron chi connectivity index (χ3n) is 7.22. The molecule has 0 spiro atoms. The molecular formula is C29H48N2O6. The molecular weight excluding hydrogens is 472 g/mol. The fourth-order valence-electron chi connectivity index (χ4n) is 4.65. The minimum Gasteiger partial charge on any atom is -0.462 e. The molecule has 0 radical (unpaired) electrons. The van der Waals surface area contributed by atoms with Crippen LogP contribution in [0.4, 0.5) is 0 Å². The highest BCUT2D eigenvalue weighted by Crippen LogP contribution is 2.28. The molecule has 2 rings (SSSR count). The molecule has 5 N–H and O–H groups in total. The number of aliphatic hydroxyl groups excluding tert-OH is 3. The molecule has 210 valence electrons. The van der Waals surface area contributed by atoms with E-state index in [9.17, 15) is 20.1 Å². The maximum absolute atomic E-state index is 13.0. The Morgan fingerprint density at radius 2 is 1.76 bits per heavy atom. The number of carbonyl (C=O) groups excluding carboxylic acids is 1. The summed E-state index contributed by atoms with van der Waals surface area (Å²) in [5, 5.41) is 30.3. The first kappa shape index (κ1) is 31.1. The second kappa shape index (κ2) is 15.3. The number of nitrogens with two attached hydrogens (primary N) is 1. The van der Waals surface area contributed by atoms with E-state index in [2.05, 4.69) is 11.8 Å². The van der Waals surface area contributed by atoms with Crippen molar-refractivity contribution in [2.45, 2.75) is 109 Å². The van der Waals surface area contributed by atoms with Gasteiger partial charge in [0.25, 0.3) is 0 Å². The van der Waals surface area contributed by atoms with E-state index >= 15 is 0 Å². The number of ketones is 1. The topological polar surface area (TPSA) is 125 Å². The average molecular weight is 521 g/mol. The molecule has 8 nitrogen and oxygen atoms in total. The molecule has 0 bridgehead atoms. The van der Waals surface area contributed by atoms with E-state index in [4.69, 9.17) is 15.2 Å². The number of aliphatic hydroxyl groups is 3. The first-order valence-corrected chi connectivity index (χ1v) is 13.7. The molecule has 0 saturated carbocycles. The van der Waals surface area contributed by atoms with Gasteiger partial charge in [-0.15, -0.1) is 0 Å². The summed E-state index contributed by atoms with van der Waals surface area (Å²) in [5.74, 6) is 0.350. The van der Waals surface area contributed by atoms with E-state index in [0.717, 1.165) is 56.3 Å². The van der Waals surface area contributed by atoms with E-state index < -0.39 is 30.7 Å². The van der Waals surface area contributed by atoms with Crippen molar-refractivity contribution in [3.63, 3.8) is 0 Å². The van der Waals surface area contributed by atoms with Crippen molar-refractivity contribution in [3.8, 4) is 5.75 Å². The number of rotatable bonds is 15. The standard InChI is InChI=1S/C29H48N2O6/c1-6-8-17-31(5)18-22(30)12-10-9-11-19(3)25(32)20(4)21-13-15-23(16-14-21)36-29-28(35)27(34)26(33)24(7-2)37-29/h13-16,18-20,24,26-29,33-35H,6-12,17,30H2,1-5H3/b22-18-/t19?,20?,24-,26-,27+,28+,29+/m1/s1. The Hall–Kier alpha value is -2.13. The van der Waals surface area contributed by atoms with Crippen LogP contribution in [-0.2, 0) is 9.53 Å². The minimum absolute atomic E-state index is 0.0481. The number of hydrogen-bond acceptors (Lipinski definition) is 8. The predicted octanol–water partition coefficient (Wildman–Crippen LogP) is 3.68. The van der Waals surface area contributed by atoms with Crippen LogP contribution >= 0.6 is 0 Å². The van der Waals surface area contributed by atoms with Crippen LogP contribution in [0.3, 0.4) is 0 Å². The van der Waals surface area contributed by atoms with Gasteiger partial charge in [0.2, 0.25) is 6.29 Å². The smallest absolute Gasteiger partial charge is 0.229 e. The van der Waals surface area contributed by atoms with Gasteiger partial charge in [0.15, 0.2) is 0 Å². The zero-order valence-corrected chi connectivity index (χ0v) is 23.2. The van der Waals surface area contributed by atoms with E-state index in [1.807, 2.05) is 46.2 Å². The van der Waals surface area contributed by atoms with Gasteiger partial charge in [0, 0.05) is 37.3 Å². The number of nitrogens with zero attached hydrogens (tertiary/aromatic N) is 1. The molecule has 1 aromatic rings. The summed E-state index contributed by atoms with van der Waals surface area (Å²) in [6.07, 6.45) is 2.79. The lowest BCUT2D eigenvalue weighted by Crippen LogP contribution is -2.58. The highest BCUT2D eigenvalue weighted by Gasteiger charge is 2.44. The molecule has 1 saturated heterocycles. The van der Waals surface area contributed by atoms with Crippen molar-refractivity contribution in [2.24, 2.45) is 11.7 Å². The third kappa shape index (κ3) is 9.28. The quantitative estimate of drug-likeness (QED) is 0.258. The van der Waals surface area contributed by atoms with Crippen molar-refractivity contribution in [2.75, 3.05) is 13.6 Å². The van der Waals surface area contributed by atoms with Gasteiger partial charge in [0.1, 0.15) is 29.8 Å². The maximum atomic E-state index is 13.0. The zero-order valence-electron chi connectivity index (χ0n) is 23.2. The summed E-state index contributed by atoms with van der Waals surface area (Å²) in [7, 11) is 2.05. The summed E-state index contributed by atoms with van der Waals surface area (Å²) in [5.41, 5.74) is 7.92. The molecule has 1 aliphatic rings. The Bertz CT molecular complexity index is 843. The summed E-state index contributed by atoms with van der Waals surface area (Å²) in [6, 6.07) is 7.13. The summed E-state index contributed by atoms with van der Waals surface area (Å²) in [4.78, 5) is 15.2. The molecule has 1 aliphatic heterocycles. The van der Waals surface area contributed by atoms with Crippen molar-refractivity contribution in [1.29, 1.82) is 0 Å². The maximum Gasteiger partial charge on any atom is 0.229 e. The molecule has 0 amide bonds. The number of benzene rings is 1. The number of ether oxygens (including phenoxy) is 2. The molecule has 0 aliphatic carbocycles. The third-order valence-corrected chi connectivity index (χ3v) is 7.22. The fraction of sp³-hybridized carbons (Fsp3) is 0.690. The fourth-order valence-corrected chi connectivity index (χ4v) is 4.65. The van der Waals surface area contributed by atoms with Gasteiger partial charge in [0.05, 0.1) is 6.10 Å². The highest BCUT2D eigenvalue weighted by atomic mass is 16.7. The number of Topliss-reactive ketones (excluding diaryl/α,β-unsaturated/α-hetero) is 1. The molecule has 7 atom stereocenters. The number of hydrogen-bond donors (Lipinski definition) is 4. The molecule has 0 aromatic heterocycles. The van der Waals surface area contributed by atoms with Gasteiger partial charge < -0.3 is 35.4 Å². The van der Waals surface area contributed by atoms with E-state index in [1.165, 1.54) is 0 Å². The minimum atomic E-state index is -1.37. The Morgan fingerprint density at radius 1 is 1.08 bits per heavy atom. The van der Waals surface area contributed by atoms with Crippen LogP contribution in [0, 0.1) is 5.92 Å². The van der Waals surface area contributed by atoms with Crippen LogP contribution in [-0.4, -0.2) is 70.3 Å². The van der Waals surface area contributed by atoms with Gasteiger partial charge in [-0.2, -0.15) is 0 Å². The predicted molar refractivity (Wildman–Crippen MR) is 145 cm³/mol. The SMILES string of the molecule is CCCCN(C)/C=C(\N)CCCCC(C)C(=O)C(C)c1ccc(O[C@H]2O[C@H](CC)[C@@H](O)[C@H](O)[C@@H]2O)cc1. The molecule has 8 heteroatoms. The lowest BCUT2D eigenvalue weighted by atomic mass is 9.87. The van der Waals surface area contributed by atoms with E-state index in [0.29, 0.717) is 12.2 Å². The molecule has 2 unspecified atom stereocenters. The molecule has 37 heavy (non-hydrogen) atoms. The first-order valence-electron chi connectivity index (χ1n) is 13.7. The summed E-state index contributed by atoms with van der Waals surface area (Å²) >= 11 is 0. The molecule has 1 heterocycles. The number of carbonyl (C=O) groups is 1. The molecule has 1 fully saturated rings. The van der Waals surface area contributed by atoms with Gasteiger partial charge in [-0.3, -0.25) is 4.79 Å². The summed E-state index contributed by atoms with van der Waals surface area (Å²) in [6.45, 7) is 8.91. The lowest BCUT2D eigenvalue weighted by molar-refractivity contribution is -0.272. The zero-order chi connectivity index (χ0) is 27.5.